The largest absolute Gasteiger partial charge is 0.756 e. The number of phosphoric acid groups is 1. The predicted octanol–water partition coefficient (Wildman–Crippen LogP) is 20.9. The van der Waals surface area contributed by atoms with Gasteiger partial charge in [-0.25, -0.2) is 0 Å². The smallest absolute Gasteiger partial charge is 0.306 e. The van der Waals surface area contributed by atoms with Crippen molar-refractivity contribution in [3.8, 4) is 0 Å². The number of amides is 1. The third-order valence-electron chi connectivity index (χ3n) is 14.7. The van der Waals surface area contributed by atoms with Crippen LogP contribution in [0.2, 0.25) is 0 Å². The number of allylic oxidation sites excluding steroid dienone is 15. The molecular weight excluding hydrogens is 1040 g/mol. The maximum Gasteiger partial charge on any atom is 0.306 e. The van der Waals surface area contributed by atoms with Gasteiger partial charge in [-0.2, -0.15) is 0 Å². The minimum Gasteiger partial charge on any atom is -0.756 e. The van der Waals surface area contributed by atoms with Crippen molar-refractivity contribution in [2.24, 2.45) is 0 Å². The molecule has 474 valence electrons. The summed E-state index contributed by atoms with van der Waals surface area (Å²) in [5.74, 6) is -0.606. The Morgan fingerprint density at radius 1 is 0.439 bits per heavy atom. The number of ether oxygens (including phenoxy) is 1. The summed E-state index contributed by atoms with van der Waals surface area (Å²) in [5, 5.41) is 3.00. The summed E-state index contributed by atoms with van der Waals surface area (Å²) in [6.07, 6.45) is 82.6. The number of quaternary nitrogens is 1. The van der Waals surface area contributed by atoms with E-state index in [4.69, 9.17) is 13.8 Å². The molecule has 0 fully saturated rings. The normalized spacial score (nSPS) is 14.2. The topological polar surface area (TPSA) is 114 Å². The van der Waals surface area contributed by atoms with E-state index in [1.54, 1.807) is 0 Å². The van der Waals surface area contributed by atoms with E-state index in [9.17, 15) is 19.0 Å². The summed E-state index contributed by atoms with van der Waals surface area (Å²) in [6.45, 7) is 6.67. The highest BCUT2D eigenvalue weighted by Crippen LogP contribution is 2.38. The second-order valence-electron chi connectivity index (χ2n) is 23.9. The van der Waals surface area contributed by atoms with Crippen LogP contribution >= 0.6 is 7.82 Å². The molecule has 0 saturated carbocycles. The van der Waals surface area contributed by atoms with Gasteiger partial charge in [0.25, 0.3) is 7.82 Å². The molecule has 0 aliphatic rings. The van der Waals surface area contributed by atoms with Gasteiger partial charge >= 0.3 is 5.97 Å². The molecular formula is C72H129N2O7P. The van der Waals surface area contributed by atoms with E-state index in [0.717, 1.165) is 83.5 Å². The predicted molar refractivity (Wildman–Crippen MR) is 353 cm³/mol. The number of hydrogen-bond donors (Lipinski definition) is 1. The first-order valence-corrected chi connectivity index (χ1v) is 35.5. The Kier molecular flexibility index (Phi) is 58.7. The minimum absolute atomic E-state index is 0.0359. The number of carbonyl (C=O) groups excluding carboxylic acids is 2. The number of esters is 1. The second kappa shape index (κ2) is 61.0. The van der Waals surface area contributed by atoms with Crippen molar-refractivity contribution in [1.29, 1.82) is 0 Å². The van der Waals surface area contributed by atoms with Crippen LogP contribution in [0.3, 0.4) is 0 Å². The molecule has 1 N–H and O–H groups in total. The number of carbonyl (C=O) groups is 2. The van der Waals surface area contributed by atoms with E-state index >= 15 is 0 Å². The molecule has 82 heavy (non-hydrogen) atoms. The van der Waals surface area contributed by atoms with Crippen molar-refractivity contribution in [1.82, 2.24) is 5.32 Å². The lowest BCUT2D eigenvalue weighted by molar-refractivity contribution is -0.870. The maximum absolute atomic E-state index is 13.5. The van der Waals surface area contributed by atoms with Crippen LogP contribution in [0, 0.1) is 0 Å². The lowest BCUT2D eigenvalue weighted by atomic mass is 10.0. The molecule has 1 amide bonds. The number of rotatable bonds is 61. The van der Waals surface area contributed by atoms with Gasteiger partial charge < -0.3 is 28.5 Å². The van der Waals surface area contributed by atoms with E-state index in [1.165, 1.54) is 173 Å². The summed E-state index contributed by atoms with van der Waals surface area (Å²) >= 11 is 0. The van der Waals surface area contributed by atoms with E-state index in [2.05, 4.69) is 111 Å². The summed E-state index contributed by atoms with van der Waals surface area (Å²) < 4.78 is 30.3. The monoisotopic (exact) mass is 1160 g/mol. The third-order valence-corrected chi connectivity index (χ3v) is 15.7. The van der Waals surface area contributed by atoms with Crippen LogP contribution in [0.1, 0.15) is 297 Å². The molecule has 0 radical (unpaired) electrons. The van der Waals surface area contributed by atoms with Gasteiger partial charge in [0.1, 0.15) is 19.3 Å². The molecule has 0 heterocycles. The van der Waals surface area contributed by atoms with Crippen molar-refractivity contribution < 1.29 is 37.3 Å². The van der Waals surface area contributed by atoms with Crippen molar-refractivity contribution in [2.75, 3.05) is 40.9 Å². The quantitative estimate of drug-likeness (QED) is 0.0212. The van der Waals surface area contributed by atoms with E-state index in [1.807, 2.05) is 33.3 Å². The number of hydrogen-bond acceptors (Lipinski definition) is 7. The SMILES string of the molecule is CC/C=C\C/C=C\C/C=C\C/C=C\C/C=C\CCCC(=O)NC(COP(=O)([O-])OCC[N+](C)(C)C)C(/C=C\CCCCCCCCCCCC)OC(=O)CCCCCCCCCCCCCCCCCCC/C=C\C/C=C\CCCCC. The first-order valence-electron chi connectivity index (χ1n) is 34.0. The first-order chi connectivity index (χ1) is 39.9. The number of nitrogens with zero attached hydrogens (tertiary/aromatic N) is 1. The van der Waals surface area contributed by atoms with Gasteiger partial charge in [-0.1, -0.05) is 279 Å². The number of nitrogens with one attached hydrogen (secondary N) is 1. The molecule has 10 heteroatoms. The average Bonchev–Trinajstić information content (AvgIpc) is 3.44. The molecule has 0 rings (SSSR count). The van der Waals surface area contributed by atoms with Crippen LogP contribution < -0.4 is 10.2 Å². The fourth-order valence-corrected chi connectivity index (χ4v) is 10.3. The fourth-order valence-electron chi connectivity index (χ4n) is 9.53. The Labute approximate surface area is 507 Å². The van der Waals surface area contributed by atoms with Crippen molar-refractivity contribution in [3.63, 3.8) is 0 Å². The number of unbranched alkanes of at least 4 members (excludes halogenated alkanes) is 31. The third kappa shape index (κ3) is 61.5. The van der Waals surface area contributed by atoms with Gasteiger partial charge in [-0.15, -0.1) is 0 Å². The fraction of sp³-hybridized carbons (Fsp3) is 0.750. The molecule has 0 aliphatic heterocycles. The molecule has 0 aliphatic carbocycles. The summed E-state index contributed by atoms with van der Waals surface area (Å²) in [6, 6.07) is -0.922. The van der Waals surface area contributed by atoms with Gasteiger partial charge in [0.2, 0.25) is 5.91 Å². The summed E-state index contributed by atoms with van der Waals surface area (Å²) in [5.41, 5.74) is 0. The van der Waals surface area contributed by atoms with Crippen molar-refractivity contribution in [2.45, 2.75) is 309 Å². The zero-order valence-electron chi connectivity index (χ0n) is 54.2. The van der Waals surface area contributed by atoms with Gasteiger partial charge in [0, 0.05) is 12.8 Å². The standard InChI is InChI=1S/C72H129N2O7P/c1-7-10-13-16-19-22-25-28-30-32-33-34-35-36-37-38-39-40-41-43-45-47-50-53-56-59-62-65-72(76)81-70(63-60-57-54-51-48-27-24-21-18-15-12-9-3)69(68-80-82(77,78)79-67-66-74(4,5)6)73-71(75)64-61-58-55-52-49-46-44-42-31-29-26-23-20-17-14-11-8-2/h11,14,19-20,22-23,28-31,44,46,52,55,60,63,69-70H,7-10,12-13,15-18,21,24-27,32-43,45,47-51,53-54,56-59,61-62,64-68H2,1-6H3,(H-,73,75,77,78)/b14-11-,22-19-,23-20-,30-28-,31-29-,46-44-,55-52-,63-60-. The lowest BCUT2D eigenvalue weighted by Crippen LogP contribution is -2.47. The highest BCUT2D eigenvalue weighted by molar-refractivity contribution is 7.45. The van der Waals surface area contributed by atoms with Crippen LogP contribution in [0.15, 0.2) is 97.2 Å². The molecule has 3 unspecified atom stereocenters. The van der Waals surface area contributed by atoms with Gasteiger partial charge in [0.15, 0.2) is 0 Å². The second-order valence-corrected chi connectivity index (χ2v) is 25.4. The Morgan fingerprint density at radius 3 is 1.22 bits per heavy atom. The van der Waals surface area contributed by atoms with Crippen LogP contribution in [-0.4, -0.2) is 69.4 Å². The Hall–Kier alpha value is -3.07. The van der Waals surface area contributed by atoms with E-state index < -0.39 is 26.6 Å². The molecule has 0 bridgehead atoms. The molecule has 3 atom stereocenters. The molecule has 0 aromatic heterocycles. The highest BCUT2D eigenvalue weighted by atomic mass is 31.2. The molecule has 0 saturated heterocycles. The van der Waals surface area contributed by atoms with Crippen molar-refractivity contribution in [3.05, 3.63) is 97.2 Å². The van der Waals surface area contributed by atoms with Gasteiger partial charge in [0.05, 0.1) is 33.8 Å². The van der Waals surface area contributed by atoms with E-state index in [-0.39, 0.29) is 31.3 Å². The molecule has 0 aromatic rings. The number of likely N-dealkylation sites (N-methyl/N-ethyl adjacent to an activating group) is 1. The molecule has 0 aromatic carbocycles. The zero-order chi connectivity index (χ0) is 60.0. The van der Waals surface area contributed by atoms with Crippen molar-refractivity contribution >= 4 is 19.7 Å². The molecule has 9 nitrogen and oxygen atoms in total. The van der Waals surface area contributed by atoms with Gasteiger partial charge in [-0.3, -0.25) is 14.2 Å². The highest BCUT2D eigenvalue weighted by Gasteiger charge is 2.27. The van der Waals surface area contributed by atoms with Crippen LogP contribution in [-0.2, 0) is 27.9 Å². The summed E-state index contributed by atoms with van der Waals surface area (Å²) in [4.78, 5) is 40.1. The van der Waals surface area contributed by atoms with E-state index in [0.29, 0.717) is 17.4 Å². The van der Waals surface area contributed by atoms with Crippen LogP contribution in [0.4, 0.5) is 0 Å². The lowest BCUT2D eigenvalue weighted by Gasteiger charge is -2.30. The summed E-state index contributed by atoms with van der Waals surface area (Å²) in [7, 11) is 1.15. The minimum atomic E-state index is -4.72. The van der Waals surface area contributed by atoms with Gasteiger partial charge in [-0.05, 0) is 102 Å². The molecule has 0 spiro atoms. The Morgan fingerprint density at radius 2 is 0.793 bits per heavy atom. The first kappa shape index (κ1) is 78.9. The Bertz CT molecular complexity index is 1720. The maximum atomic E-state index is 13.5. The number of phosphoric ester groups is 1. The average molecular weight is 1170 g/mol. The van der Waals surface area contributed by atoms with Crippen LogP contribution in [0.5, 0.6) is 0 Å². The zero-order valence-corrected chi connectivity index (χ0v) is 55.1. The van der Waals surface area contributed by atoms with Crippen LogP contribution in [0.25, 0.3) is 0 Å². The Balaban J connectivity index is 5.10.